The summed E-state index contributed by atoms with van der Waals surface area (Å²) in [6.07, 6.45) is 8.53. The maximum absolute atomic E-state index is 4.59. The van der Waals surface area contributed by atoms with Crippen LogP contribution in [0.4, 0.5) is 5.82 Å². The van der Waals surface area contributed by atoms with Gasteiger partial charge in [-0.05, 0) is 31.9 Å². The molecule has 0 radical (unpaired) electrons. The van der Waals surface area contributed by atoms with Gasteiger partial charge in [-0.25, -0.2) is 15.0 Å². The van der Waals surface area contributed by atoms with E-state index in [1.807, 2.05) is 25.7 Å². The second kappa shape index (κ2) is 5.21. The summed E-state index contributed by atoms with van der Waals surface area (Å²) in [5, 5.41) is 3.86. The highest BCUT2D eigenvalue weighted by atomic mass is 32.2. The second-order valence-electron chi connectivity index (χ2n) is 4.56. The van der Waals surface area contributed by atoms with Crippen molar-refractivity contribution in [2.45, 2.75) is 30.8 Å². The van der Waals surface area contributed by atoms with E-state index in [1.54, 1.807) is 11.8 Å². The van der Waals surface area contributed by atoms with Gasteiger partial charge in [0.15, 0.2) is 5.16 Å². The summed E-state index contributed by atoms with van der Waals surface area (Å²) in [6.45, 7) is 0. The number of rotatable bonds is 3. The quantitative estimate of drug-likeness (QED) is 0.688. The van der Waals surface area contributed by atoms with Crippen molar-refractivity contribution >= 4 is 17.6 Å². The van der Waals surface area contributed by atoms with Crippen LogP contribution >= 0.6 is 11.8 Å². The molecule has 0 aromatic carbocycles. The second-order valence-corrected chi connectivity index (χ2v) is 5.34. The Morgan fingerprint density at radius 3 is 2.89 bits per heavy atom. The SMILES string of the molecule is CNc1cc(-n2cnc3c2CCCC3)nc(SC)n1. The number of thioether (sulfide) groups is 1. The van der Waals surface area contributed by atoms with E-state index >= 15 is 0 Å². The van der Waals surface area contributed by atoms with Crippen LogP contribution in [0.25, 0.3) is 5.82 Å². The van der Waals surface area contributed by atoms with Crippen LogP contribution in [0.15, 0.2) is 17.6 Å². The maximum atomic E-state index is 4.59. The number of imidazole rings is 1. The smallest absolute Gasteiger partial charge is 0.191 e. The summed E-state index contributed by atoms with van der Waals surface area (Å²) >= 11 is 1.55. The molecule has 0 saturated heterocycles. The Morgan fingerprint density at radius 2 is 2.11 bits per heavy atom. The fourth-order valence-electron chi connectivity index (χ4n) is 2.42. The Labute approximate surface area is 116 Å². The standard InChI is InChI=1S/C13H17N5S/c1-14-11-7-12(17-13(16-11)19-2)18-8-15-9-5-3-4-6-10(9)18/h7-8H,3-6H2,1-2H3,(H,14,16,17). The van der Waals surface area contributed by atoms with Crippen LogP contribution in [-0.2, 0) is 12.8 Å². The Morgan fingerprint density at radius 1 is 1.26 bits per heavy atom. The van der Waals surface area contributed by atoms with Crippen molar-refractivity contribution in [1.29, 1.82) is 0 Å². The molecule has 1 N–H and O–H groups in total. The molecule has 0 spiro atoms. The first kappa shape index (κ1) is 12.5. The Kier molecular flexibility index (Phi) is 3.42. The first-order valence-electron chi connectivity index (χ1n) is 6.48. The van der Waals surface area contributed by atoms with Crippen molar-refractivity contribution in [2.75, 3.05) is 18.6 Å². The fourth-order valence-corrected chi connectivity index (χ4v) is 2.80. The summed E-state index contributed by atoms with van der Waals surface area (Å²) in [6, 6.07) is 1.97. The lowest BCUT2D eigenvalue weighted by atomic mass is 10.0. The summed E-state index contributed by atoms with van der Waals surface area (Å²) in [7, 11) is 1.87. The minimum atomic E-state index is 0.778. The van der Waals surface area contributed by atoms with Crippen LogP contribution in [0.1, 0.15) is 24.2 Å². The third-order valence-corrected chi connectivity index (χ3v) is 3.96. The highest BCUT2D eigenvalue weighted by Crippen LogP contribution is 2.24. The third-order valence-electron chi connectivity index (χ3n) is 3.41. The predicted octanol–water partition coefficient (Wildman–Crippen LogP) is 2.30. The van der Waals surface area contributed by atoms with Crippen molar-refractivity contribution in [3.63, 3.8) is 0 Å². The zero-order valence-electron chi connectivity index (χ0n) is 11.2. The van der Waals surface area contributed by atoms with E-state index in [9.17, 15) is 0 Å². The van der Waals surface area contributed by atoms with Crippen LogP contribution in [-0.4, -0.2) is 32.8 Å². The summed E-state index contributed by atoms with van der Waals surface area (Å²) in [5.74, 6) is 1.74. The molecule has 0 saturated carbocycles. The van der Waals surface area contributed by atoms with Gasteiger partial charge in [-0.3, -0.25) is 4.57 Å². The van der Waals surface area contributed by atoms with Crippen LogP contribution in [0.3, 0.4) is 0 Å². The molecule has 100 valence electrons. The van der Waals surface area contributed by atoms with Crippen molar-refractivity contribution in [1.82, 2.24) is 19.5 Å². The van der Waals surface area contributed by atoms with Gasteiger partial charge >= 0.3 is 0 Å². The average molecular weight is 275 g/mol. The lowest BCUT2D eigenvalue weighted by Crippen LogP contribution is -2.09. The van der Waals surface area contributed by atoms with Gasteiger partial charge in [0.1, 0.15) is 18.0 Å². The molecule has 2 heterocycles. The highest BCUT2D eigenvalue weighted by molar-refractivity contribution is 7.98. The van der Waals surface area contributed by atoms with E-state index < -0.39 is 0 Å². The fraction of sp³-hybridized carbons (Fsp3) is 0.462. The Hall–Kier alpha value is -1.56. The van der Waals surface area contributed by atoms with Gasteiger partial charge in [0, 0.05) is 18.8 Å². The van der Waals surface area contributed by atoms with Gasteiger partial charge in [-0.2, -0.15) is 0 Å². The molecule has 2 aromatic heterocycles. The first-order chi connectivity index (χ1) is 9.31. The molecule has 19 heavy (non-hydrogen) atoms. The van der Waals surface area contributed by atoms with Crippen LogP contribution in [0, 0.1) is 0 Å². The summed E-state index contributed by atoms with van der Waals surface area (Å²) in [5.41, 5.74) is 2.53. The molecule has 0 atom stereocenters. The lowest BCUT2D eigenvalue weighted by Gasteiger charge is -2.14. The van der Waals surface area contributed by atoms with Crippen molar-refractivity contribution < 1.29 is 0 Å². The van der Waals surface area contributed by atoms with Crippen molar-refractivity contribution in [2.24, 2.45) is 0 Å². The minimum Gasteiger partial charge on any atom is -0.373 e. The average Bonchev–Trinajstić information content (AvgIpc) is 2.90. The van der Waals surface area contributed by atoms with Gasteiger partial charge in [0.05, 0.1) is 5.69 Å². The number of nitrogens with one attached hydrogen (secondary N) is 1. The Bertz CT molecular complexity index is 570. The van der Waals surface area contributed by atoms with Gasteiger partial charge < -0.3 is 5.32 Å². The molecule has 2 aromatic rings. The van der Waals surface area contributed by atoms with Crippen LogP contribution in [0.5, 0.6) is 0 Å². The largest absolute Gasteiger partial charge is 0.373 e. The zero-order chi connectivity index (χ0) is 13.2. The van der Waals surface area contributed by atoms with E-state index in [0.717, 1.165) is 29.6 Å². The van der Waals surface area contributed by atoms with E-state index in [0.29, 0.717) is 0 Å². The molecule has 1 aliphatic rings. The van der Waals surface area contributed by atoms with Crippen LogP contribution < -0.4 is 5.32 Å². The van der Waals surface area contributed by atoms with E-state index in [1.165, 1.54) is 24.2 Å². The summed E-state index contributed by atoms with van der Waals surface area (Å²) in [4.78, 5) is 13.5. The molecule has 0 amide bonds. The number of hydrogen-bond donors (Lipinski definition) is 1. The van der Waals surface area contributed by atoms with E-state index in [-0.39, 0.29) is 0 Å². The monoisotopic (exact) mass is 275 g/mol. The minimum absolute atomic E-state index is 0.778. The van der Waals surface area contributed by atoms with Crippen molar-refractivity contribution in [3.05, 3.63) is 23.8 Å². The van der Waals surface area contributed by atoms with Crippen molar-refractivity contribution in [3.8, 4) is 5.82 Å². The number of hydrogen-bond acceptors (Lipinski definition) is 5. The molecule has 1 aliphatic carbocycles. The molecule has 0 aliphatic heterocycles. The molecular formula is C13H17N5S. The highest BCUT2D eigenvalue weighted by Gasteiger charge is 2.17. The summed E-state index contributed by atoms with van der Waals surface area (Å²) < 4.78 is 2.11. The number of anilines is 1. The van der Waals surface area contributed by atoms with Gasteiger partial charge in [0.2, 0.25) is 0 Å². The molecule has 6 heteroatoms. The van der Waals surface area contributed by atoms with E-state index in [2.05, 4.69) is 24.8 Å². The maximum Gasteiger partial charge on any atom is 0.191 e. The van der Waals surface area contributed by atoms with Gasteiger partial charge in [0.25, 0.3) is 0 Å². The van der Waals surface area contributed by atoms with Gasteiger partial charge in [-0.15, -0.1) is 0 Å². The first-order valence-corrected chi connectivity index (χ1v) is 7.70. The molecule has 5 nitrogen and oxygen atoms in total. The van der Waals surface area contributed by atoms with Gasteiger partial charge in [-0.1, -0.05) is 11.8 Å². The normalized spacial score (nSPS) is 14.2. The predicted molar refractivity (Wildman–Crippen MR) is 77.1 cm³/mol. The topological polar surface area (TPSA) is 55.6 Å². The molecule has 3 rings (SSSR count). The lowest BCUT2D eigenvalue weighted by molar-refractivity contribution is 0.653. The number of aromatic nitrogens is 4. The zero-order valence-corrected chi connectivity index (χ0v) is 12.0. The molecular weight excluding hydrogens is 258 g/mol. The molecule has 0 unspecified atom stereocenters. The van der Waals surface area contributed by atoms with E-state index in [4.69, 9.17) is 0 Å². The number of fused-ring (bicyclic) bond motifs is 1. The van der Waals surface area contributed by atoms with Crippen LogP contribution in [0.2, 0.25) is 0 Å². The molecule has 0 fully saturated rings. The third kappa shape index (κ3) is 2.32. The molecule has 0 bridgehead atoms. The number of nitrogens with zero attached hydrogens (tertiary/aromatic N) is 4. The number of aryl methyl sites for hydroxylation is 1. The Balaban J connectivity index is 2.08.